The Morgan fingerprint density at radius 2 is 2.21 bits per heavy atom. The number of aromatic nitrogens is 2. The van der Waals surface area contributed by atoms with Crippen molar-refractivity contribution < 1.29 is 14.3 Å². The zero-order valence-corrected chi connectivity index (χ0v) is 17.1. The van der Waals surface area contributed by atoms with Crippen molar-refractivity contribution in [3.8, 4) is 0 Å². The van der Waals surface area contributed by atoms with Crippen LogP contribution in [0.25, 0.3) is 0 Å². The van der Waals surface area contributed by atoms with Crippen LogP contribution in [-0.4, -0.2) is 45.5 Å². The predicted octanol–water partition coefficient (Wildman–Crippen LogP) is 2.92. The molecule has 2 aliphatic heterocycles. The van der Waals surface area contributed by atoms with Gasteiger partial charge in [0.2, 0.25) is 0 Å². The quantitative estimate of drug-likeness (QED) is 0.843. The fourth-order valence-electron chi connectivity index (χ4n) is 4.28. The molecule has 1 unspecified atom stereocenters. The van der Waals surface area contributed by atoms with E-state index in [0.29, 0.717) is 31.0 Å². The highest BCUT2D eigenvalue weighted by atomic mass is 16.5. The van der Waals surface area contributed by atoms with Crippen LogP contribution in [0, 0.1) is 0 Å². The van der Waals surface area contributed by atoms with E-state index in [2.05, 4.69) is 17.2 Å². The summed E-state index contributed by atoms with van der Waals surface area (Å²) in [6, 6.07) is 7.49. The third kappa shape index (κ3) is 3.79. The topological polar surface area (TPSA) is 76.5 Å². The van der Waals surface area contributed by atoms with Gasteiger partial charge in [-0.15, -0.1) is 0 Å². The molecular weight excluding hydrogens is 368 g/mol. The number of pyridine rings is 1. The lowest BCUT2D eigenvalue weighted by atomic mass is 10.1. The Hall–Kier alpha value is -2.67. The Morgan fingerprint density at radius 3 is 2.90 bits per heavy atom. The first-order chi connectivity index (χ1) is 14.1. The minimum Gasteiger partial charge on any atom is -0.373 e. The SMILES string of the molecule is CC[C@@H](NC(=O)c1cc(C(=O)N2CCCC2C)n2c1COCC2)c1ccccn1. The van der Waals surface area contributed by atoms with E-state index in [1.54, 1.807) is 12.3 Å². The second kappa shape index (κ2) is 8.37. The van der Waals surface area contributed by atoms with Gasteiger partial charge in [0.1, 0.15) is 5.69 Å². The summed E-state index contributed by atoms with van der Waals surface area (Å²) in [5, 5.41) is 3.08. The highest BCUT2D eigenvalue weighted by Crippen LogP contribution is 2.26. The third-order valence-electron chi connectivity index (χ3n) is 5.94. The van der Waals surface area contributed by atoms with E-state index < -0.39 is 0 Å². The van der Waals surface area contributed by atoms with Crippen molar-refractivity contribution in [2.75, 3.05) is 13.2 Å². The number of nitrogens with zero attached hydrogens (tertiary/aromatic N) is 3. The van der Waals surface area contributed by atoms with E-state index in [9.17, 15) is 9.59 Å². The zero-order chi connectivity index (χ0) is 20.4. The van der Waals surface area contributed by atoms with E-state index in [4.69, 9.17) is 4.74 Å². The summed E-state index contributed by atoms with van der Waals surface area (Å²) in [7, 11) is 0. The van der Waals surface area contributed by atoms with Crippen molar-refractivity contribution in [3.63, 3.8) is 0 Å². The van der Waals surface area contributed by atoms with Crippen molar-refractivity contribution in [1.82, 2.24) is 19.8 Å². The molecular formula is C22H28N4O3. The lowest BCUT2D eigenvalue weighted by Crippen LogP contribution is -2.35. The van der Waals surface area contributed by atoms with Crippen LogP contribution in [0.3, 0.4) is 0 Å². The minimum absolute atomic E-state index is 0.00830. The van der Waals surface area contributed by atoms with Gasteiger partial charge in [-0.3, -0.25) is 14.6 Å². The molecule has 1 N–H and O–H groups in total. The highest BCUT2D eigenvalue weighted by molar-refractivity contribution is 6.01. The standard InChI is InChI=1S/C22H28N4O3/c1-3-17(18-8-4-5-9-23-18)24-21(27)16-13-19(26-11-12-29-14-20(16)26)22(28)25-10-6-7-15(25)2/h4-5,8-9,13,15,17H,3,6-7,10-12,14H2,1-2H3,(H,24,27)/t15?,17-/m1/s1. The number of ether oxygens (including phenoxy) is 1. The number of hydrogen-bond acceptors (Lipinski definition) is 4. The number of nitrogens with one attached hydrogen (secondary N) is 1. The Labute approximate surface area is 171 Å². The molecule has 7 nitrogen and oxygen atoms in total. The molecule has 0 aromatic carbocycles. The average Bonchev–Trinajstić information content (AvgIpc) is 3.36. The lowest BCUT2D eigenvalue weighted by Gasteiger charge is -2.24. The van der Waals surface area contributed by atoms with E-state index >= 15 is 0 Å². The first-order valence-electron chi connectivity index (χ1n) is 10.4. The van der Waals surface area contributed by atoms with E-state index in [-0.39, 0.29) is 23.9 Å². The van der Waals surface area contributed by atoms with Crippen molar-refractivity contribution in [2.24, 2.45) is 0 Å². The molecule has 2 amide bonds. The van der Waals surface area contributed by atoms with Gasteiger partial charge in [-0.1, -0.05) is 13.0 Å². The average molecular weight is 396 g/mol. The van der Waals surface area contributed by atoms with Gasteiger partial charge in [-0.05, 0) is 44.4 Å². The summed E-state index contributed by atoms with van der Waals surface area (Å²) >= 11 is 0. The van der Waals surface area contributed by atoms with Crippen LogP contribution in [0.1, 0.15) is 71.4 Å². The number of rotatable bonds is 5. The van der Waals surface area contributed by atoms with E-state index in [1.165, 1.54) is 0 Å². The first-order valence-corrected chi connectivity index (χ1v) is 10.4. The monoisotopic (exact) mass is 396 g/mol. The van der Waals surface area contributed by atoms with Crippen molar-refractivity contribution in [1.29, 1.82) is 0 Å². The van der Waals surface area contributed by atoms with Crippen LogP contribution in [0.5, 0.6) is 0 Å². The van der Waals surface area contributed by atoms with Gasteiger partial charge in [-0.25, -0.2) is 0 Å². The Kier molecular flexibility index (Phi) is 5.67. The van der Waals surface area contributed by atoms with Crippen LogP contribution >= 0.6 is 0 Å². The number of hydrogen-bond donors (Lipinski definition) is 1. The lowest BCUT2D eigenvalue weighted by molar-refractivity contribution is 0.0683. The van der Waals surface area contributed by atoms with Crippen LogP contribution < -0.4 is 5.32 Å². The molecule has 0 aliphatic carbocycles. The Balaban J connectivity index is 1.62. The van der Waals surface area contributed by atoms with Crippen molar-refractivity contribution in [3.05, 3.63) is 53.1 Å². The molecule has 154 valence electrons. The molecule has 4 heterocycles. The molecule has 0 radical (unpaired) electrons. The number of amides is 2. The number of carbonyl (C=O) groups is 2. The highest BCUT2D eigenvalue weighted by Gasteiger charge is 2.32. The molecule has 0 bridgehead atoms. The summed E-state index contributed by atoms with van der Waals surface area (Å²) in [4.78, 5) is 32.6. The molecule has 1 saturated heterocycles. The largest absolute Gasteiger partial charge is 0.373 e. The first kappa shape index (κ1) is 19.6. The number of likely N-dealkylation sites (tertiary alicyclic amines) is 1. The number of carbonyl (C=O) groups excluding carboxylic acids is 2. The summed E-state index contributed by atoms with van der Waals surface area (Å²) in [5.41, 5.74) is 2.72. The second-order valence-electron chi connectivity index (χ2n) is 7.77. The van der Waals surface area contributed by atoms with Gasteiger partial charge in [0.25, 0.3) is 11.8 Å². The summed E-state index contributed by atoms with van der Waals surface area (Å²) < 4.78 is 7.57. The van der Waals surface area contributed by atoms with Crippen LogP contribution in [0.2, 0.25) is 0 Å². The molecule has 29 heavy (non-hydrogen) atoms. The Bertz CT molecular complexity index is 893. The van der Waals surface area contributed by atoms with Gasteiger partial charge < -0.3 is 19.5 Å². The fourth-order valence-corrected chi connectivity index (χ4v) is 4.28. The molecule has 1 fully saturated rings. The third-order valence-corrected chi connectivity index (χ3v) is 5.94. The van der Waals surface area contributed by atoms with Crippen molar-refractivity contribution >= 4 is 11.8 Å². The van der Waals surface area contributed by atoms with Crippen LogP contribution in [0.4, 0.5) is 0 Å². The summed E-state index contributed by atoms with van der Waals surface area (Å²) in [6.45, 7) is 6.34. The van der Waals surface area contributed by atoms with Gasteiger partial charge in [-0.2, -0.15) is 0 Å². The molecule has 7 heteroatoms. The molecule has 4 rings (SSSR count). The van der Waals surface area contributed by atoms with Gasteiger partial charge in [0.05, 0.1) is 36.2 Å². The Morgan fingerprint density at radius 1 is 1.34 bits per heavy atom. The second-order valence-corrected chi connectivity index (χ2v) is 7.77. The van der Waals surface area contributed by atoms with Gasteiger partial charge in [0, 0.05) is 25.3 Å². The molecule has 2 aliphatic rings. The summed E-state index contributed by atoms with van der Waals surface area (Å²) in [5.74, 6) is -0.181. The van der Waals surface area contributed by atoms with Crippen molar-refractivity contribution in [2.45, 2.75) is 58.3 Å². The number of fused-ring (bicyclic) bond motifs is 1. The van der Waals surface area contributed by atoms with Crippen LogP contribution in [0.15, 0.2) is 30.5 Å². The molecule has 0 spiro atoms. The maximum absolute atomic E-state index is 13.2. The van der Waals surface area contributed by atoms with Gasteiger partial charge >= 0.3 is 0 Å². The minimum atomic E-state index is -0.190. The zero-order valence-electron chi connectivity index (χ0n) is 17.1. The van der Waals surface area contributed by atoms with E-state index in [0.717, 1.165) is 37.2 Å². The fraction of sp³-hybridized carbons (Fsp3) is 0.500. The van der Waals surface area contributed by atoms with Crippen LogP contribution in [-0.2, 0) is 17.9 Å². The maximum atomic E-state index is 13.2. The van der Waals surface area contributed by atoms with E-state index in [1.807, 2.05) is 34.6 Å². The molecule has 2 aromatic rings. The normalized spacial score (nSPS) is 19.7. The molecule has 2 aromatic heterocycles. The predicted molar refractivity (Wildman–Crippen MR) is 109 cm³/mol. The molecule has 2 atom stereocenters. The van der Waals surface area contributed by atoms with Gasteiger partial charge in [0.15, 0.2) is 0 Å². The smallest absolute Gasteiger partial charge is 0.270 e. The summed E-state index contributed by atoms with van der Waals surface area (Å²) in [6.07, 6.45) is 4.51. The molecule has 0 saturated carbocycles. The maximum Gasteiger partial charge on any atom is 0.270 e.